The van der Waals surface area contributed by atoms with Crippen LogP contribution >= 0.6 is 23.4 Å². The van der Waals surface area contributed by atoms with Crippen LogP contribution in [0.1, 0.15) is 15.9 Å². The maximum atomic E-state index is 13.5. The first-order chi connectivity index (χ1) is 23.3. The molecule has 0 unspecified atom stereocenters. The van der Waals surface area contributed by atoms with E-state index < -0.39 is 11.8 Å². The fourth-order valence-corrected chi connectivity index (χ4v) is 5.58. The Morgan fingerprint density at radius 2 is 1.35 bits per heavy atom. The van der Waals surface area contributed by atoms with Gasteiger partial charge in [0.05, 0.1) is 30.7 Å². The number of halogens is 1. The van der Waals surface area contributed by atoms with Crippen LogP contribution in [0.3, 0.4) is 0 Å². The highest BCUT2D eigenvalue weighted by molar-refractivity contribution is 8.00. The van der Waals surface area contributed by atoms with Crippen LogP contribution in [0.5, 0.6) is 11.5 Å². The highest BCUT2D eigenvalue weighted by atomic mass is 35.5. The lowest BCUT2D eigenvalue weighted by molar-refractivity contribution is -0.114. The molecule has 0 aliphatic rings. The largest absolute Gasteiger partial charge is 0.495 e. The predicted molar refractivity (Wildman–Crippen MR) is 193 cm³/mol. The monoisotopic (exact) mass is 677 g/mol. The standard InChI is InChI=1S/C38H32ClN3O5S/c1-46-34-23-35(47-2)32(22-31(34)39)41-36(43)24-48-30-19-17-29(18-20-30)40-38(45)33(42-37(44)28-11-7-4-8-12-28)21-25-13-15-27(16-14-25)26-9-5-3-6-10-26/h3-23H,24H2,1-2H3,(H,40,45)(H,41,43)(H,42,44)/b33-21-. The maximum absolute atomic E-state index is 13.5. The van der Waals surface area contributed by atoms with Gasteiger partial charge < -0.3 is 25.4 Å². The Bertz CT molecular complexity index is 1920. The summed E-state index contributed by atoms with van der Waals surface area (Å²) >= 11 is 7.54. The summed E-state index contributed by atoms with van der Waals surface area (Å²) in [4.78, 5) is 40.0. The SMILES string of the molecule is COc1cc(OC)c(NC(=O)CSc2ccc(NC(=O)/C(=C/c3ccc(-c4ccccc4)cc3)NC(=O)c3ccccc3)cc2)cc1Cl. The smallest absolute Gasteiger partial charge is 0.272 e. The fraction of sp³-hybridized carbons (Fsp3) is 0.0789. The topological polar surface area (TPSA) is 106 Å². The molecule has 0 aliphatic heterocycles. The van der Waals surface area contributed by atoms with Crippen molar-refractivity contribution in [2.24, 2.45) is 0 Å². The van der Waals surface area contributed by atoms with Gasteiger partial charge in [-0.25, -0.2) is 0 Å². The van der Waals surface area contributed by atoms with Crippen LogP contribution in [0, 0.1) is 0 Å². The molecule has 0 heterocycles. The number of nitrogens with one attached hydrogen (secondary N) is 3. The lowest BCUT2D eigenvalue weighted by atomic mass is 10.0. The van der Waals surface area contributed by atoms with Crippen LogP contribution < -0.4 is 25.4 Å². The van der Waals surface area contributed by atoms with Crippen molar-refractivity contribution in [2.45, 2.75) is 4.90 Å². The highest BCUT2D eigenvalue weighted by Crippen LogP contribution is 2.36. The number of carbonyl (C=O) groups is 3. The van der Waals surface area contributed by atoms with E-state index in [1.54, 1.807) is 66.7 Å². The van der Waals surface area contributed by atoms with Gasteiger partial charge in [-0.15, -0.1) is 11.8 Å². The minimum Gasteiger partial charge on any atom is -0.495 e. The van der Waals surface area contributed by atoms with Crippen molar-refractivity contribution in [3.63, 3.8) is 0 Å². The molecule has 0 saturated carbocycles. The molecule has 8 nitrogen and oxygen atoms in total. The number of carbonyl (C=O) groups excluding carboxylic acids is 3. The molecule has 5 aromatic carbocycles. The van der Waals surface area contributed by atoms with Crippen LogP contribution in [-0.4, -0.2) is 37.7 Å². The lowest BCUT2D eigenvalue weighted by Gasteiger charge is -2.13. The highest BCUT2D eigenvalue weighted by Gasteiger charge is 2.16. The molecule has 5 aromatic rings. The van der Waals surface area contributed by atoms with E-state index in [4.69, 9.17) is 21.1 Å². The number of hydrogen-bond acceptors (Lipinski definition) is 6. The zero-order valence-electron chi connectivity index (χ0n) is 26.2. The summed E-state index contributed by atoms with van der Waals surface area (Å²) in [6.07, 6.45) is 1.64. The molecule has 3 N–H and O–H groups in total. The minimum absolute atomic E-state index is 0.0838. The average Bonchev–Trinajstić information content (AvgIpc) is 3.12. The Balaban J connectivity index is 1.25. The number of amides is 3. The summed E-state index contributed by atoms with van der Waals surface area (Å²) in [7, 11) is 2.99. The summed E-state index contributed by atoms with van der Waals surface area (Å²) in [5, 5.41) is 8.78. The van der Waals surface area contributed by atoms with Crippen LogP contribution in [-0.2, 0) is 9.59 Å². The van der Waals surface area contributed by atoms with Crippen LogP contribution in [0.15, 0.2) is 132 Å². The molecule has 242 valence electrons. The summed E-state index contributed by atoms with van der Waals surface area (Å²) in [5.74, 6) is -0.160. The molecule has 0 aliphatic carbocycles. The summed E-state index contributed by atoms with van der Waals surface area (Å²) in [6, 6.07) is 36.6. The van der Waals surface area contributed by atoms with Gasteiger partial charge in [-0.3, -0.25) is 14.4 Å². The number of methoxy groups -OCH3 is 2. The van der Waals surface area contributed by atoms with E-state index in [2.05, 4.69) is 16.0 Å². The quantitative estimate of drug-likeness (QED) is 0.0909. The minimum atomic E-state index is -0.488. The van der Waals surface area contributed by atoms with E-state index in [-0.39, 0.29) is 17.4 Å². The summed E-state index contributed by atoms with van der Waals surface area (Å²) in [6.45, 7) is 0. The molecular weight excluding hydrogens is 646 g/mol. The number of anilines is 2. The van der Waals surface area contributed by atoms with Gasteiger partial charge in [-0.1, -0.05) is 84.4 Å². The van der Waals surface area contributed by atoms with Crippen LogP contribution in [0.4, 0.5) is 11.4 Å². The van der Waals surface area contributed by atoms with Crippen molar-refractivity contribution < 1.29 is 23.9 Å². The second kappa shape index (κ2) is 16.4. The van der Waals surface area contributed by atoms with E-state index in [1.165, 1.54) is 26.0 Å². The van der Waals surface area contributed by atoms with Gasteiger partial charge in [0.15, 0.2) is 0 Å². The number of ether oxygens (including phenoxy) is 2. The van der Waals surface area contributed by atoms with E-state index in [0.29, 0.717) is 33.5 Å². The van der Waals surface area contributed by atoms with Crippen molar-refractivity contribution in [3.8, 4) is 22.6 Å². The second-order valence-electron chi connectivity index (χ2n) is 10.4. The van der Waals surface area contributed by atoms with Gasteiger partial charge in [-0.05, 0) is 65.2 Å². The average molecular weight is 678 g/mol. The number of thioether (sulfide) groups is 1. The Kier molecular flexibility index (Phi) is 11.5. The summed E-state index contributed by atoms with van der Waals surface area (Å²) in [5.41, 5.74) is 4.32. The number of benzene rings is 5. The fourth-order valence-electron chi connectivity index (χ4n) is 4.64. The molecule has 0 spiro atoms. The molecule has 3 amide bonds. The first-order valence-corrected chi connectivity index (χ1v) is 16.2. The Hall–Kier alpha value is -5.51. The molecule has 0 radical (unpaired) electrons. The van der Waals surface area contributed by atoms with E-state index in [1.807, 2.05) is 60.7 Å². The van der Waals surface area contributed by atoms with Crippen LogP contribution in [0.2, 0.25) is 5.02 Å². The second-order valence-corrected chi connectivity index (χ2v) is 11.8. The van der Waals surface area contributed by atoms with Gasteiger partial charge in [0.25, 0.3) is 11.8 Å². The third kappa shape index (κ3) is 9.06. The Morgan fingerprint density at radius 1 is 0.729 bits per heavy atom. The van der Waals surface area contributed by atoms with Crippen molar-refractivity contribution in [3.05, 3.63) is 143 Å². The molecular formula is C38H32ClN3O5S. The molecule has 5 rings (SSSR count). The normalized spacial score (nSPS) is 10.9. The molecule has 10 heteroatoms. The van der Waals surface area contributed by atoms with Crippen molar-refractivity contribution in [1.29, 1.82) is 0 Å². The zero-order valence-corrected chi connectivity index (χ0v) is 27.7. The van der Waals surface area contributed by atoms with Gasteiger partial charge in [0.1, 0.15) is 17.2 Å². The summed E-state index contributed by atoms with van der Waals surface area (Å²) < 4.78 is 10.5. The Morgan fingerprint density at radius 3 is 2.00 bits per heavy atom. The van der Waals surface area contributed by atoms with Gasteiger partial charge in [0, 0.05) is 22.2 Å². The van der Waals surface area contributed by atoms with E-state index >= 15 is 0 Å². The van der Waals surface area contributed by atoms with Gasteiger partial charge >= 0.3 is 0 Å². The molecule has 0 bridgehead atoms. The zero-order chi connectivity index (χ0) is 33.9. The van der Waals surface area contributed by atoms with E-state index in [0.717, 1.165) is 21.6 Å². The first-order valence-electron chi connectivity index (χ1n) is 14.8. The third-order valence-electron chi connectivity index (χ3n) is 7.09. The van der Waals surface area contributed by atoms with Crippen molar-refractivity contribution in [2.75, 3.05) is 30.6 Å². The molecule has 0 saturated heterocycles. The van der Waals surface area contributed by atoms with Crippen molar-refractivity contribution >= 4 is 58.5 Å². The van der Waals surface area contributed by atoms with Crippen LogP contribution in [0.25, 0.3) is 17.2 Å². The molecule has 0 aromatic heterocycles. The molecule has 0 atom stereocenters. The maximum Gasteiger partial charge on any atom is 0.272 e. The van der Waals surface area contributed by atoms with Gasteiger partial charge in [0.2, 0.25) is 5.91 Å². The number of rotatable bonds is 12. The van der Waals surface area contributed by atoms with Crippen molar-refractivity contribution in [1.82, 2.24) is 5.32 Å². The first kappa shape index (κ1) is 33.8. The predicted octanol–water partition coefficient (Wildman–Crippen LogP) is 8.16. The third-order valence-corrected chi connectivity index (χ3v) is 8.40. The Labute approximate surface area is 288 Å². The lowest BCUT2D eigenvalue weighted by Crippen LogP contribution is -2.30. The van der Waals surface area contributed by atoms with E-state index in [9.17, 15) is 14.4 Å². The number of hydrogen-bond donors (Lipinski definition) is 3. The van der Waals surface area contributed by atoms with Gasteiger partial charge in [-0.2, -0.15) is 0 Å². The molecule has 0 fully saturated rings. The molecule has 48 heavy (non-hydrogen) atoms.